The number of aromatic nitrogens is 1. The van der Waals surface area contributed by atoms with Gasteiger partial charge in [-0.25, -0.2) is 0 Å². The number of fused-ring (bicyclic) bond motifs is 1. The van der Waals surface area contributed by atoms with Crippen LogP contribution in [0, 0.1) is 0 Å². The molecule has 3 rings (SSSR count). The Morgan fingerprint density at radius 3 is 2.64 bits per heavy atom. The zero-order valence-corrected chi connectivity index (χ0v) is 12.1. The Balaban J connectivity index is 1.75. The minimum Gasteiger partial charge on any atom is -0.490 e. The van der Waals surface area contributed by atoms with Gasteiger partial charge in [0.25, 0.3) is 0 Å². The number of hydrogen-bond donors (Lipinski definition) is 0. The van der Waals surface area contributed by atoms with E-state index in [4.69, 9.17) is 14.0 Å². The van der Waals surface area contributed by atoms with Gasteiger partial charge in [0.15, 0.2) is 17.1 Å². The first-order valence-corrected chi connectivity index (χ1v) is 7.03. The predicted octanol–water partition coefficient (Wildman–Crippen LogP) is 3.37. The summed E-state index contributed by atoms with van der Waals surface area (Å²) in [7, 11) is 0. The molecule has 0 radical (unpaired) electrons. The lowest BCUT2D eigenvalue weighted by atomic mass is 10.2. The van der Waals surface area contributed by atoms with Crippen LogP contribution in [-0.4, -0.2) is 17.7 Å². The SMILES string of the molecule is CCOc1ccccc1OC(=O)Cc1noc2ccccc12. The third-order valence-electron chi connectivity index (χ3n) is 3.14. The molecular weight excluding hydrogens is 282 g/mol. The molecule has 1 heterocycles. The Kier molecular flexibility index (Phi) is 4.05. The molecule has 0 N–H and O–H groups in total. The molecule has 22 heavy (non-hydrogen) atoms. The predicted molar refractivity (Wildman–Crippen MR) is 81.0 cm³/mol. The highest BCUT2D eigenvalue weighted by molar-refractivity contribution is 5.85. The molecule has 0 aliphatic heterocycles. The second-order valence-electron chi connectivity index (χ2n) is 4.66. The van der Waals surface area contributed by atoms with E-state index < -0.39 is 5.97 Å². The van der Waals surface area contributed by atoms with Crippen LogP contribution in [-0.2, 0) is 11.2 Å². The normalized spacial score (nSPS) is 10.6. The fourth-order valence-electron chi connectivity index (χ4n) is 2.17. The maximum absolute atomic E-state index is 12.1. The van der Waals surface area contributed by atoms with Gasteiger partial charge in [-0.15, -0.1) is 0 Å². The molecule has 0 amide bonds. The average Bonchev–Trinajstić information content (AvgIpc) is 2.93. The van der Waals surface area contributed by atoms with E-state index in [9.17, 15) is 4.79 Å². The van der Waals surface area contributed by atoms with Crippen LogP contribution in [0.15, 0.2) is 53.1 Å². The number of ether oxygens (including phenoxy) is 2. The van der Waals surface area contributed by atoms with Crippen molar-refractivity contribution in [1.82, 2.24) is 5.16 Å². The highest BCUT2D eigenvalue weighted by Gasteiger charge is 2.15. The van der Waals surface area contributed by atoms with Crippen molar-refractivity contribution in [3.63, 3.8) is 0 Å². The van der Waals surface area contributed by atoms with Gasteiger partial charge in [-0.05, 0) is 31.2 Å². The van der Waals surface area contributed by atoms with Gasteiger partial charge >= 0.3 is 5.97 Å². The first kappa shape index (κ1) is 14.1. The monoisotopic (exact) mass is 297 g/mol. The summed E-state index contributed by atoms with van der Waals surface area (Å²) in [6, 6.07) is 14.5. The van der Waals surface area contributed by atoms with Crippen molar-refractivity contribution < 1.29 is 18.8 Å². The quantitative estimate of drug-likeness (QED) is 0.533. The van der Waals surface area contributed by atoms with Crippen LogP contribution in [0.1, 0.15) is 12.6 Å². The average molecular weight is 297 g/mol. The number of carbonyl (C=O) groups is 1. The molecule has 1 aromatic heterocycles. The summed E-state index contributed by atoms with van der Waals surface area (Å²) in [6.07, 6.45) is 0.0392. The van der Waals surface area contributed by atoms with Crippen LogP contribution in [0.2, 0.25) is 0 Å². The number of benzene rings is 2. The summed E-state index contributed by atoms with van der Waals surface area (Å²) in [5.74, 6) is 0.539. The number of carbonyl (C=O) groups excluding carboxylic acids is 1. The van der Waals surface area contributed by atoms with Crippen molar-refractivity contribution in [2.45, 2.75) is 13.3 Å². The van der Waals surface area contributed by atoms with Crippen LogP contribution < -0.4 is 9.47 Å². The second-order valence-corrected chi connectivity index (χ2v) is 4.66. The summed E-state index contributed by atoms with van der Waals surface area (Å²) < 4.78 is 16.0. The minimum atomic E-state index is -0.411. The van der Waals surface area contributed by atoms with E-state index in [0.717, 1.165) is 5.39 Å². The number of esters is 1. The van der Waals surface area contributed by atoms with Crippen molar-refractivity contribution in [3.05, 3.63) is 54.2 Å². The van der Waals surface area contributed by atoms with E-state index in [1.165, 1.54) is 0 Å². The first-order valence-electron chi connectivity index (χ1n) is 7.03. The van der Waals surface area contributed by atoms with Crippen LogP contribution in [0.4, 0.5) is 0 Å². The smallest absolute Gasteiger partial charge is 0.317 e. The van der Waals surface area contributed by atoms with Gasteiger partial charge in [-0.3, -0.25) is 4.79 Å². The zero-order chi connectivity index (χ0) is 15.4. The largest absolute Gasteiger partial charge is 0.490 e. The van der Waals surface area contributed by atoms with E-state index in [-0.39, 0.29) is 6.42 Å². The van der Waals surface area contributed by atoms with Gasteiger partial charge in [0.1, 0.15) is 5.69 Å². The fourth-order valence-corrected chi connectivity index (χ4v) is 2.17. The highest BCUT2D eigenvalue weighted by Crippen LogP contribution is 2.27. The van der Waals surface area contributed by atoms with E-state index in [1.807, 2.05) is 37.3 Å². The van der Waals surface area contributed by atoms with Gasteiger partial charge < -0.3 is 14.0 Å². The van der Waals surface area contributed by atoms with E-state index >= 15 is 0 Å². The highest BCUT2D eigenvalue weighted by atomic mass is 16.6. The van der Waals surface area contributed by atoms with Gasteiger partial charge in [-0.1, -0.05) is 29.4 Å². The van der Waals surface area contributed by atoms with Gasteiger partial charge in [-0.2, -0.15) is 0 Å². The summed E-state index contributed by atoms with van der Waals surface area (Å²) in [6.45, 7) is 2.38. The fraction of sp³-hybridized carbons (Fsp3) is 0.176. The molecule has 2 aromatic carbocycles. The standard InChI is InChI=1S/C17H15NO4/c1-2-20-15-9-5-6-10-16(15)21-17(19)11-13-12-7-3-4-8-14(12)22-18-13/h3-10H,2,11H2,1H3. The molecule has 3 aromatic rings. The lowest BCUT2D eigenvalue weighted by molar-refractivity contribution is -0.133. The van der Waals surface area contributed by atoms with Crippen molar-refractivity contribution in [3.8, 4) is 11.5 Å². The first-order chi connectivity index (χ1) is 10.8. The molecule has 112 valence electrons. The summed E-state index contributed by atoms with van der Waals surface area (Å²) in [5.41, 5.74) is 1.22. The Morgan fingerprint density at radius 1 is 1.09 bits per heavy atom. The van der Waals surface area contributed by atoms with Gasteiger partial charge in [0.2, 0.25) is 0 Å². The maximum atomic E-state index is 12.1. The van der Waals surface area contributed by atoms with E-state index in [2.05, 4.69) is 5.16 Å². The molecule has 0 bridgehead atoms. The third kappa shape index (κ3) is 2.93. The Labute approximate surface area is 127 Å². The van der Waals surface area contributed by atoms with Crippen LogP contribution >= 0.6 is 0 Å². The van der Waals surface area contributed by atoms with Crippen LogP contribution in [0.25, 0.3) is 11.0 Å². The molecule has 0 aliphatic carbocycles. The summed E-state index contributed by atoms with van der Waals surface area (Å²) in [5, 5.41) is 4.75. The number of para-hydroxylation sites is 3. The summed E-state index contributed by atoms with van der Waals surface area (Å²) in [4.78, 5) is 12.1. The Hall–Kier alpha value is -2.82. The Bertz CT molecular complexity index is 794. The third-order valence-corrected chi connectivity index (χ3v) is 3.14. The van der Waals surface area contributed by atoms with Crippen molar-refractivity contribution in [2.24, 2.45) is 0 Å². The molecule has 0 spiro atoms. The second kappa shape index (κ2) is 6.30. The lowest BCUT2D eigenvalue weighted by Gasteiger charge is -2.09. The molecule has 0 fully saturated rings. The molecule has 0 saturated heterocycles. The van der Waals surface area contributed by atoms with Gasteiger partial charge in [0, 0.05) is 5.39 Å². The molecule has 0 atom stereocenters. The molecule has 5 nitrogen and oxygen atoms in total. The molecule has 0 saturated carbocycles. The minimum absolute atomic E-state index is 0.0392. The lowest BCUT2D eigenvalue weighted by Crippen LogP contribution is -2.12. The zero-order valence-electron chi connectivity index (χ0n) is 12.1. The summed E-state index contributed by atoms with van der Waals surface area (Å²) >= 11 is 0. The van der Waals surface area contributed by atoms with E-state index in [0.29, 0.717) is 29.4 Å². The van der Waals surface area contributed by atoms with Crippen LogP contribution in [0.5, 0.6) is 11.5 Å². The molecule has 5 heteroatoms. The Morgan fingerprint density at radius 2 is 1.82 bits per heavy atom. The van der Waals surface area contributed by atoms with Crippen molar-refractivity contribution in [2.75, 3.05) is 6.61 Å². The van der Waals surface area contributed by atoms with Crippen LogP contribution in [0.3, 0.4) is 0 Å². The number of nitrogens with zero attached hydrogens (tertiary/aromatic N) is 1. The molecular formula is C17H15NO4. The van der Waals surface area contributed by atoms with Gasteiger partial charge in [0.05, 0.1) is 13.0 Å². The topological polar surface area (TPSA) is 61.6 Å². The number of hydrogen-bond acceptors (Lipinski definition) is 5. The van der Waals surface area contributed by atoms with E-state index in [1.54, 1.807) is 18.2 Å². The molecule has 0 aliphatic rings. The maximum Gasteiger partial charge on any atom is 0.317 e. The van der Waals surface area contributed by atoms with Crippen molar-refractivity contribution in [1.29, 1.82) is 0 Å². The molecule has 0 unspecified atom stereocenters. The number of rotatable bonds is 5. The van der Waals surface area contributed by atoms with Crippen molar-refractivity contribution >= 4 is 16.9 Å².